The molecule has 0 aromatic heterocycles. The maximum absolute atomic E-state index is 12.5. The highest BCUT2D eigenvalue weighted by molar-refractivity contribution is 5.81. The van der Waals surface area contributed by atoms with Crippen molar-refractivity contribution in [2.45, 2.75) is 64.1 Å². The average Bonchev–Trinajstić information content (AvgIpc) is 2.50. The molecule has 1 aromatic rings. The van der Waals surface area contributed by atoms with Gasteiger partial charge in [-0.3, -0.25) is 4.79 Å². The Morgan fingerprint density at radius 1 is 1.22 bits per heavy atom. The molecule has 4 nitrogen and oxygen atoms in total. The molecule has 3 rings (SSSR count). The highest BCUT2D eigenvalue weighted by Gasteiger charge is 2.40. The van der Waals surface area contributed by atoms with E-state index in [4.69, 9.17) is 10.5 Å². The number of amides is 1. The van der Waals surface area contributed by atoms with E-state index < -0.39 is 6.10 Å². The van der Waals surface area contributed by atoms with Gasteiger partial charge in [0.2, 0.25) is 0 Å². The normalized spacial score (nSPS) is 31.3. The largest absolute Gasteiger partial charge is 0.481 e. The topological polar surface area (TPSA) is 64.3 Å². The number of hydrogen-bond donors (Lipinski definition) is 2. The van der Waals surface area contributed by atoms with E-state index in [2.05, 4.69) is 5.32 Å². The number of carbonyl (C=O) groups is 1. The van der Waals surface area contributed by atoms with Gasteiger partial charge in [0.05, 0.1) is 0 Å². The van der Waals surface area contributed by atoms with Gasteiger partial charge in [-0.15, -0.1) is 0 Å². The third kappa shape index (κ3) is 3.86. The molecule has 126 valence electrons. The lowest BCUT2D eigenvalue weighted by Crippen LogP contribution is -2.55. The summed E-state index contributed by atoms with van der Waals surface area (Å²) < 4.78 is 5.78. The van der Waals surface area contributed by atoms with Crippen LogP contribution in [0.4, 0.5) is 0 Å². The third-order valence-electron chi connectivity index (χ3n) is 5.39. The van der Waals surface area contributed by atoms with Crippen molar-refractivity contribution in [1.82, 2.24) is 5.32 Å². The number of nitrogens with two attached hydrogens (primary N) is 1. The number of rotatable bonds is 4. The van der Waals surface area contributed by atoms with Crippen LogP contribution in [0.15, 0.2) is 24.3 Å². The molecule has 0 radical (unpaired) electrons. The molecular weight excluding hydrogens is 288 g/mol. The Bertz CT molecular complexity index is 529. The molecule has 3 atom stereocenters. The Hall–Kier alpha value is -1.55. The highest BCUT2D eigenvalue weighted by atomic mass is 16.5. The average molecular weight is 316 g/mol. The quantitative estimate of drug-likeness (QED) is 0.898. The number of carbonyl (C=O) groups excluding carboxylic acids is 1. The Morgan fingerprint density at radius 2 is 1.83 bits per heavy atom. The van der Waals surface area contributed by atoms with Gasteiger partial charge in [0.25, 0.3) is 5.91 Å². The van der Waals surface area contributed by atoms with Gasteiger partial charge in [0.15, 0.2) is 6.10 Å². The number of hydrogen-bond acceptors (Lipinski definition) is 3. The number of aryl methyl sites for hydroxylation is 1. The maximum atomic E-state index is 12.5. The van der Waals surface area contributed by atoms with E-state index in [1.54, 1.807) is 0 Å². The first-order valence-corrected chi connectivity index (χ1v) is 8.82. The van der Waals surface area contributed by atoms with Crippen LogP contribution in [0.25, 0.3) is 0 Å². The van der Waals surface area contributed by atoms with Gasteiger partial charge in [0.1, 0.15) is 5.75 Å². The molecule has 2 saturated carbocycles. The molecule has 4 heteroatoms. The summed E-state index contributed by atoms with van der Waals surface area (Å²) in [6, 6.07) is 8.39. The molecule has 1 aromatic carbocycles. The third-order valence-corrected chi connectivity index (χ3v) is 5.39. The van der Waals surface area contributed by atoms with Gasteiger partial charge in [-0.2, -0.15) is 0 Å². The summed E-state index contributed by atoms with van der Waals surface area (Å²) in [4.78, 5) is 12.5. The second kappa shape index (κ2) is 6.91. The van der Waals surface area contributed by atoms with Crippen molar-refractivity contribution in [1.29, 1.82) is 0 Å². The molecule has 0 saturated heterocycles. The van der Waals surface area contributed by atoms with E-state index in [9.17, 15) is 4.79 Å². The van der Waals surface area contributed by atoms with E-state index in [1.807, 2.05) is 38.1 Å². The fourth-order valence-corrected chi connectivity index (χ4v) is 4.18. The summed E-state index contributed by atoms with van der Waals surface area (Å²) in [5, 5.41) is 3.25. The van der Waals surface area contributed by atoms with Gasteiger partial charge >= 0.3 is 0 Å². The minimum Gasteiger partial charge on any atom is -0.481 e. The first-order chi connectivity index (χ1) is 11.0. The number of ether oxygens (including phenoxy) is 1. The molecule has 23 heavy (non-hydrogen) atoms. The molecule has 2 aliphatic carbocycles. The lowest BCUT2D eigenvalue weighted by molar-refractivity contribution is -0.129. The van der Waals surface area contributed by atoms with E-state index >= 15 is 0 Å². The molecule has 3 unspecified atom stereocenters. The molecule has 2 bridgehead atoms. The summed E-state index contributed by atoms with van der Waals surface area (Å²) in [7, 11) is 0. The van der Waals surface area contributed by atoms with Crippen LogP contribution in [0.3, 0.4) is 0 Å². The van der Waals surface area contributed by atoms with Crippen LogP contribution in [0.5, 0.6) is 5.75 Å². The lowest BCUT2D eigenvalue weighted by atomic mass is 9.67. The van der Waals surface area contributed by atoms with Crippen molar-refractivity contribution in [3.63, 3.8) is 0 Å². The summed E-state index contributed by atoms with van der Waals surface area (Å²) in [5.74, 6) is 1.80. The highest BCUT2D eigenvalue weighted by Crippen LogP contribution is 2.39. The van der Waals surface area contributed by atoms with Crippen LogP contribution in [-0.4, -0.2) is 24.1 Å². The van der Waals surface area contributed by atoms with Crippen molar-refractivity contribution >= 4 is 5.91 Å². The molecule has 3 N–H and O–H groups in total. The molecule has 0 aliphatic heterocycles. The van der Waals surface area contributed by atoms with Crippen LogP contribution in [0, 0.1) is 18.8 Å². The Kier molecular flexibility index (Phi) is 4.90. The van der Waals surface area contributed by atoms with Gasteiger partial charge in [-0.05, 0) is 63.5 Å². The standard InChI is InChI=1S/C19H28N2O2/c1-12-6-8-17(9-7-12)23-13(2)19(22)21-18-14-4-3-5-15(18)11-16(20)10-14/h6-9,13-16,18H,3-5,10-11,20H2,1-2H3,(H,21,22). The molecule has 2 aliphatic rings. The van der Waals surface area contributed by atoms with E-state index in [0.717, 1.165) is 18.6 Å². The molecule has 0 spiro atoms. The molecule has 0 heterocycles. The van der Waals surface area contributed by atoms with E-state index in [0.29, 0.717) is 17.9 Å². The van der Waals surface area contributed by atoms with Gasteiger partial charge in [-0.25, -0.2) is 0 Å². The Labute approximate surface area is 138 Å². The minimum absolute atomic E-state index is 0.0112. The van der Waals surface area contributed by atoms with Gasteiger partial charge in [-0.1, -0.05) is 24.1 Å². The zero-order chi connectivity index (χ0) is 16.4. The number of fused-ring (bicyclic) bond motifs is 2. The summed E-state index contributed by atoms with van der Waals surface area (Å²) in [6.45, 7) is 3.85. The summed E-state index contributed by atoms with van der Waals surface area (Å²) in [5.41, 5.74) is 7.34. The first-order valence-electron chi connectivity index (χ1n) is 8.82. The first kappa shape index (κ1) is 16.3. The summed E-state index contributed by atoms with van der Waals surface area (Å²) in [6.07, 6.45) is 5.23. The minimum atomic E-state index is -0.478. The SMILES string of the molecule is Cc1ccc(OC(C)C(=O)NC2C3CCCC2CC(N)C3)cc1. The fourth-order valence-electron chi connectivity index (χ4n) is 4.18. The fraction of sp³-hybridized carbons (Fsp3) is 0.632. The number of benzene rings is 1. The lowest BCUT2D eigenvalue weighted by Gasteiger charge is -2.45. The van der Waals surface area contributed by atoms with Crippen LogP contribution in [-0.2, 0) is 4.79 Å². The number of nitrogens with one attached hydrogen (secondary N) is 1. The van der Waals surface area contributed by atoms with Crippen molar-refractivity contribution in [3.05, 3.63) is 29.8 Å². The van der Waals surface area contributed by atoms with Gasteiger partial charge < -0.3 is 15.8 Å². The van der Waals surface area contributed by atoms with Crippen molar-refractivity contribution in [2.75, 3.05) is 0 Å². The predicted octanol–water partition coefficient (Wildman–Crippen LogP) is 2.78. The van der Waals surface area contributed by atoms with Gasteiger partial charge in [0, 0.05) is 12.1 Å². The monoisotopic (exact) mass is 316 g/mol. The van der Waals surface area contributed by atoms with E-state index in [-0.39, 0.29) is 11.9 Å². The Balaban J connectivity index is 1.58. The molecule has 1 amide bonds. The zero-order valence-corrected chi connectivity index (χ0v) is 14.1. The van der Waals surface area contributed by atoms with Crippen molar-refractivity contribution in [3.8, 4) is 5.75 Å². The summed E-state index contributed by atoms with van der Waals surface area (Å²) >= 11 is 0. The van der Waals surface area contributed by atoms with Crippen LogP contribution >= 0.6 is 0 Å². The van der Waals surface area contributed by atoms with Crippen LogP contribution < -0.4 is 15.8 Å². The maximum Gasteiger partial charge on any atom is 0.261 e. The van der Waals surface area contributed by atoms with Crippen LogP contribution in [0.2, 0.25) is 0 Å². The Morgan fingerprint density at radius 3 is 2.43 bits per heavy atom. The second-order valence-electron chi connectivity index (χ2n) is 7.29. The van der Waals surface area contributed by atoms with E-state index in [1.165, 1.54) is 24.8 Å². The van der Waals surface area contributed by atoms with Crippen LogP contribution in [0.1, 0.15) is 44.6 Å². The van der Waals surface area contributed by atoms with Crippen molar-refractivity contribution < 1.29 is 9.53 Å². The smallest absolute Gasteiger partial charge is 0.261 e. The molecule has 2 fully saturated rings. The predicted molar refractivity (Wildman–Crippen MR) is 91.2 cm³/mol. The van der Waals surface area contributed by atoms with Crippen molar-refractivity contribution in [2.24, 2.45) is 17.6 Å². The molecular formula is C19H28N2O2. The zero-order valence-electron chi connectivity index (χ0n) is 14.1. The second-order valence-corrected chi connectivity index (χ2v) is 7.29.